The molecule has 0 amide bonds. The number of fused-ring (bicyclic) bond motifs is 2. The van der Waals surface area contributed by atoms with Crippen molar-refractivity contribution < 1.29 is 9.53 Å². The number of imidazole rings is 1. The van der Waals surface area contributed by atoms with Crippen LogP contribution in [0.1, 0.15) is 21.7 Å². The highest BCUT2D eigenvalue weighted by molar-refractivity contribution is 6.30. The summed E-state index contributed by atoms with van der Waals surface area (Å²) in [6, 6.07) is 5.31. The van der Waals surface area contributed by atoms with Crippen molar-refractivity contribution in [3.05, 3.63) is 58.8 Å². The minimum Gasteiger partial charge on any atom is -0.455 e. The van der Waals surface area contributed by atoms with Gasteiger partial charge in [-0.2, -0.15) is 5.10 Å². The Bertz CT molecular complexity index is 1120. The van der Waals surface area contributed by atoms with Crippen molar-refractivity contribution in [2.75, 3.05) is 0 Å². The molecular formula is C17H14ClN5O2. The maximum absolute atomic E-state index is 12.3. The molecule has 4 heterocycles. The highest BCUT2D eigenvalue weighted by atomic mass is 35.5. The third kappa shape index (κ3) is 2.83. The van der Waals surface area contributed by atoms with E-state index in [4.69, 9.17) is 16.3 Å². The van der Waals surface area contributed by atoms with E-state index in [2.05, 4.69) is 15.1 Å². The van der Waals surface area contributed by atoms with E-state index in [-0.39, 0.29) is 6.61 Å². The van der Waals surface area contributed by atoms with Gasteiger partial charge < -0.3 is 9.14 Å². The summed E-state index contributed by atoms with van der Waals surface area (Å²) in [4.78, 5) is 21.0. The lowest BCUT2D eigenvalue weighted by molar-refractivity contribution is 0.0468. The van der Waals surface area contributed by atoms with Crippen molar-refractivity contribution in [3.8, 4) is 0 Å². The van der Waals surface area contributed by atoms with Crippen LogP contribution in [0.25, 0.3) is 16.7 Å². The molecule has 0 saturated carbocycles. The smallest absolute Gasteiger partial charge is 0.340 e. The van der Waals surface area contributed by atoms with E-state index < -0.39 is 5.97 Å². The highest BCUT2D eigenvalue weighted by Crippen LogP contribution is 2.18. The number of hydrogen-bond acceptors (Lipinski definition) is 5. The van der Waals surface area contributed by atoms with Gasteiger partial charge in [0.2, 0.25) is 0 Å². The number of ether oxygens (including phenoxy) is 1. The average molecular weight is 356 g/mol. The van der Waals surface area contributed by atoms with Crippen LogP contribution in [0.4, 0.5) is 0 Å². The fourth-order valence-electron chi connectivity index (χ4n) is 2.73. The first-order valence-corrected chi connectivity index (χ1v) is 7.98. The van der Waals surface area contributed by atoms with E-state index in [1.165, 1.54) is 6.20 Å². The van der Waals surface area contributed by atoms with Gasteiger partial charge >= 0.3 is 5.97 Å². The molecule has 0 fully saturated rings. The van der Waals surface area contributed by atoms with Gasteiger partial charge in [0.1, 0.15) is 12.3 Å². The van der Waals surface area contributed by atoms with Crippen LogP contribution in [0.2, 0.25) is 5.02 Å². The first-order valence-electron chi connectivity index (χ1n) is 7.61. The SMILES string of the molecule is Cc1nn(C)c2ncc(C(=O)OCc3cn4cc(Cl)ccc4n3)cc12. The molecule has 0 N–H and O–H groups in total. The van der Waals surface area contributed by atoms with E-state index in [1.807, 2.05) is 14.0 Å². The van der Waals surface area contributed by atoms with Crippen molar-refractivity contribution in [1.29, 1.82) is 0 Å². The van der Waals surface area contributed by atoms with Crippen LogP contribution in [-0.2, 0) is 18.4 Å². The van der Waals surface area contributed by atoms with E-state index in [1.54, 1.807) is 39.7 Å². The Morgan fingerprint density at radius 3 is 3.00 bits per heavy atom. The van der Waals surface area contributed by atoms with Gasteiger partial charge in [0, 0.05) is 31.0 Å². The molecule has 4 aromatic rings. The normalized spacial score (nSPS) is 11.3. The Morgan fingerprint density at radius 1 is 1.32 bits per heavy atom. The number of carbonyl (C=O) groups excluding carboxylic acids is 1. The molecule has 126 valence electrons. The van der Waals surface area contributed by atoms with Crippen LogP contribution in [-0.4, -0.2) is 30.1 Å². The summed E-state index contributed by atoms with van der Waals surface area (Å²) in [6.45, 7) is 1.95. The Labute approximate surface area is 147 Å². The molecule has 0 aliphatic carbocycles. The first kappa shape index (κ1) is 15.6. The van der Waals surface area contributed by atoms with E-state index >= 15 is 0 Å². The summed E-state index contributed by atoms with van der Waals surface area (Å²) >= 11 is 5.95. The lowest BCUT2D eigenvalue weighted by atomic mass is 10.2. The van der Waals surface area contributed by atoms with Crippen molar-refractivity contribution >= 4 is 34.3 Å². The number of rotatable bonds is 3. The van der Waals surface area contributed by atoms with Crippen LogP contribution < -0.4 is 0 Å². The number of nitrogens with zero attached hydrogens (tertiary/aromatic N) is 5. The molecule has 7 nitrogen and oxygen atoms in total. The molecule has 0 aromatic carbocycles. The molecule has 0 aliphatic rings. The van der Waals surface area contributed by atoms with Crippen LogP contribution in [0.5, 0.6) is 0 Å². The maximum Gasteiger partial charge on any atom is 0.340 e. The predicted octanol–water partition coefficient (Wildman–Crippen LogP) is 2.93. The van der Waals surface area contributed by atoms with Gasteiger partial charge in [0.25, 0.3) is 0 Å². The summed E-state index contributed by atoms with van der Waals surface area (Å²) in [5.41, 5.74) is 3.31. The number of aryl methyl sites for hydroxylation is 2. The topological polar surface area (TPSA) is 74.3 Å². The minimum absolute atomic E-state index is 0.0716. The minimum atomic E-state index is -0.451. The van der Waals surface area contributed by atoms with Crippen LogP contribution >= 0.6 is 11.6 Å². The molecule has 4 rings (SSSR count). The monoisotopic (exact) mass is 355 g/mol. The predicted molar refractivity (Wildman–Crippen MR) is 92.6 cm³/mol. The van der Waals surface area contributed by atoms with Crippen molar-refractivity contribution in [2.45, 2.75) is 13.5 Å². The Balaban J connectivity index is 1.54. The molecule has 25 heavy (non-hydrogen) atoms. The third-order valence-electron chi connectivity index (χ3n) is 3.91. The summed E-state index contributed by atoms with van der Waals surface area (Å²) in [5, 5.41) is 5.74. The number of pyridine rings is 2. The Kier molecular flexibility index (Phi) is 3.65. The van der Waals surface area contributed by atoms with Gasteiger partial charge in [0.05, 0.1) is 22.0 Å². The molecular weight excluding hydrogens is 342 g/mol. The lowest BCUT2D eigenvalue weighted by Crippen LogP contribution is -2.06. The summed E-state index contributed by atoms with van der Waals surface area (Å²) in [5.74, 6) is -0.451. The lowest BCUT2D eigenvalue weighted by Gasteiger charge is -2.03. The standard InChI is InChI=1S/C17H14ClN5O2/c1-10-14-5-11(6-19-16(14)22(2)21-10)17(24)25-9-13-8-23-7-12(18)3-4-15(23)20-13/h3-8H,9H2,1-2H3. The molecule has 8 heteroatoms. The van der Waals surface area contributed by atoms with Gasteiger partial charge in [-0.25, -0.2) is 14.8 Å². The molecule has 0 saturated heterocycles. The van der Waals surface area contributed by atoms with Gasteiger partial charge in [-0.15, -0.1) is 0 Å². The molecule has 0 bridgehead atoms. The zero-order valence-corrected chi connectivity index (χ0v) is 14.4. The van der Waals surface area contributed by atoms with Crippen LogP contribution in [0, 0.1) is 6.92 Å². The Morgan fingerprint density at radius 2 is 2.16 bits per heavy atom. The van der Waals surface area contributed by atoms with Crippen molar-refractivity contribution in [1.82, 2.24) is 24.1 Å². The largest absolute Gasteiger partial charge is 0.455 e. The summed E-state index contributed by atoms with van der Waals surface area (Å²) in [6.07, 6.45) is 5.02. The fourth-order valence-corrected chi connectivity index (χ4v) is 2.90. The Hall–Kier alpha value is -2.93. The van der Waals surface area contributed by atoms with Gasteiger partial charge in [-0.05, 0) is 25.1 Å². The number of esters is 1. The zero-order valence-electron chi connectivity index (χ0n) is 13.6. The average Bonchev–Trinajstić information content (AvgIpc) is 3.12. The van der Waals surface area contributed by atoms with Crippen LogP contribution in [0.15, 0.2) is 36.8 Å². The van der Waals surface area contributed by atoms with E-state index in [0.717, 1.165) is 22.4 Å². The number of carbonyl (C=O) groups is 1. The third-order valence-corrected chi connectivity index (χ3v) is 4.14. The van der Waals surface area contributed by atoms with E-state index in [9.17, 15) is 4.79 Å². The molecule has 4 aromatic heterocycles. The second-order valence-electron chi connectivity index (χ2n) is 5.73. The summed E-state index contributed by atoms with van der Waals surface area (Å²) < 4.78 is 8.83. The quantitative estimate of drug-likeness (QED) is 0.528. The zero-order chi connectivity index (χ0) is 17.6. The molecule has 0 unspecified atom stereocenters. The summed E-state index contributed by atoms with van der Waals surface area (Å²) in [7, 11) is 1.82. The second kappa shape index (κ2) is 5.86. The number of hydrogen-bond donors (Lipinski definition) is 0. The van der Waals surface area contributed by atoms with Gasteiger partial charge in [0.15, 0.2) is 5.65 Å². The molecule has 0 spiro atoms. The van der Waals surface area contributed by atoms with E-state index in [0.29, 0.717) is 16.3 Å². The first-order chi connectivity index (χ1) is 12.0. The highest BCUT2D eigenvalue weighted by Gasteiger charge is 2.13. The molecule has 0 radical (unpaired) electrons. The van der Waals surface area contributed by atoms with Gasteiger partial charge in [-0.1, -0.05) is 11.6 Å². The molecule has 0 atom stereocenters. The number of halogens is 1. The molecule has 0 aliphatic heterocycles. The van der Waals surface area contributed by atoms with Crippen LogP contribution in [0.3, 0.4) is 0 Å². The number of aromatic nitrogens is 5. The second-order valence-corrected chi connectivity index (χ2v) is 6.16. The van der Waals surface area contributed by atoms with Crippen molar-refractivity contribution in [2.24, 2.45) is 7.05 Å². The van der Waals surface area contributed by atoms with Crippen molar-refractivity contribution in [3.63, 3.8) is 0 Å². The maximum atomic E-state index is 12.3. The fraction of sp³-hybridized carbons (Fsp3) is 0.176. The van der Waals surface area contributed by atoms with Gasteiger partial charge in [-0.3, -0.25) is 4.68 Å².